The lowest BCUT2D eigenvalue weighted by Crippen LogP contribution is -2.64. The predicted octanol–water partition coefficient (Wildman–Crippen LogP) is 2.14. The van der Waals surface area contributed by atoms with Crippen LogP contribution < -0.4 is 0 Å². The third-order valence-electron chi connectivity index (χ3n) is 2.93. The zero-order chi connectivity index (χ0) is 10.1. The maximum Gasteiger partial charge on any atom is 0.0933 e. The molecule has 1 fully saturated rings. The topological polar surface area (TPSA) is 12.5 Å². The largest absolute Gasteiger partial charge is 0.376 e. The first-order valence-electron chi connectivity index (χ1n) is 5.28. The zero-order valence-corrected chi connectivity index (χ0v) is 9.63. The molecule has 13 heavy (non-hydrogen) atoms. The summed E-state index contributed by atoms with van der Waals surface area (Å²) in [5.41, 5.74) is 0.165. The summed E-state index contributed by atoms with van der Waals surface area (Å²) in [5.74, 6) is 0.731. The lowest BCUT2D eigenvalue weighted by Gasteiger charge is -2.52. The van der Waals surface area contributed by atoms with Crippen LogP contribution in [-0.2, 0) is 4.74 Å². The fraction of sp³-hybridized carbons (Fsp3) is 1.00. The Morgan fingerprint density at radius 1 is 1.23 bits per heavy atom. The Hall–Kier alpha value is -0.0800. The summed E-state index contributed by atoms with van der Waals surface area (Å²) < 4.78 is 5.62. The molecule has 1 saturated heterocycles. The van der Waals surface area contributed by atoms with Crippen LogP contribution >= 0.6 is 0 Å². The van der Waals surface area contributed by atoms with Crippen molar-refractivity contribution in [1.82, 2.24) is 4.90 Å². The van der Waals surface area contributed by atoms with Gasteiger partial charge in [-0.15, -0.1) is 0 Å². The highest BCUT2D eigenvalue weighted by Gasteiger charge is 2.44. The molecular formula is C11H23NO. The molecule has 0 atom stereocenters. The second kappa shape index (κ2) is 3.97. The number of hydrogen-bond acceptors (Lipinski definition) is 2. The smallest absolute Gasteiger partial charge is 0.0933 e. The van der Waals surface area contributed by atoms with Gasteiger partial charge in [0.25, 0.3) is 0 Å². The van der Waals surface area contributed by atoms with E-state index in [0.29, 0.717) is 6.04 Å². The predicted molar refractivity (Wildman–Crippen MR) is 55.9 cm³/mol. The minimum atomic E-state index is 0.165. The summed E-state index contributed by atoms with van der Waals surface area (Å²) in [6.45, 7) is 11.2. The van der Waals surface area contributed by atoms with Gasteiger partial charge in [0.1, 0.15) is 0 Å². The van der Waals surface area contributed by atoms with Gasteiger partial charge in [0.05, 0.1) is 5.60 Å². The molecule has 2 heteroatoms. The van der Waals surface area contributed by atoms with Crippen LogP contribution in [0.2, 0.25) is 0 Å². The van der Waals surface area contributed by atoms with Crippen LogP contribution in [0.15, 0.2) is 0 Å². The minimum Gasteiger partial charge on any atom is -0.376 e. The number of rotatable bonds is 4. The van der Waals surface area contributed by atoms with Crippen LogP contribution in [0.25, 0.3) is 0 Å². The first-order chi connectivity index (χ1) is 5.99. The number of ether oxygens (including phenoxy) is 1. The molecule has 0 saturated carbocycles. The number of likely N-dealkylation sites (tertiary alicyclic amines) is 1. The Morgan fingerprint density at radius 2 is 1.77 bits per heavy atom. The SMILES string of the molecule is COC1(CC(C)C)CN(C(C)C)C1. The van der Waals surface area contributed by atoms with E-state index in [1.807, 2.05) is 7.11 Å². The van der Waals surface area contributed by atoms with Crippen LogP contribution in [-0.4, -0.2) is 36.7 Å². The Kier molecular flexibility index (Phi) is 3.36. The summed E-state index contributed by atoms with van der Waals surface area (Å²) in [6.07, 6.45) is 1.19. The lowest BCUT2D eigenvalue weighted by molar-refractivity contribution is -0.144. The van der Waals surface area contributed by atoms with Crippen LogP contribution in [0, 0.1) is 5.92 Å². The molecule has 0 amide bonds. The summed E-state index contributed by atoms with van der Waals surface area (Å²) in [7, 11) is 1.85. The average Bonchev–Trinajstić information content (AvgIpc) is 1.94. The monoisotopic (exact) mass is 185 g/mol. The van der Waals surface area contributed by atoms with Crippen LogP contribution in [0.4, 0.5) is 0 Å². The highest BCUT2D eigenvalue weighted by Crippen LogP contribution is 2.32. The van der Waals surface area contributed by atoms with Gasteiger partial charge >= 0.3 is 0 Å². The van der Waals surface area contributed by atoms with Crippen molar-refractivity contribution < 1.29 is 4.74 Å². The number of hydrogen-bond donors (Lipinski definition) is 0. The molecule has 0 aromatic carbocycles. The molecule has 0 unspecified atom stereocenters. The molecule has 1 aliphatic rings. The Bertz CT molecular complexity index is 159. The molecule has 0 radical (unpaired) electrons. The first-order valence-corrected chi connectivity index (χ1v) is 5.28. The molecule has 1 aliphatic heterocycles. The van der Waals surface area contributed by atoms with Gasteiger partial charge in [0, 0.05) is 26.2 Å². The molecule has 0 aliphatic carbocycles. The molecular weight excluding hydrogens is 162 g/mol. The van der Waals surface area contributed by atoms with Gasteiger partial charge in [-0.1, -0.05) is 13.8 Å². The Morgan fingerprint density at radius 3 is 2.08 bits per heavy atom. The molecule has 1 heterocycles. The van der Waals surface area contributed by atoms with Crippen LogP contribution in [0.5, 0.6) is 0 Å². The van der Waals surface area contributed by atoms with Gasteiger partial charge in [-0.3, -0.25) is 4.90 Å². The molecule has 1 rings (SSSR count). The van der Waals surface area contributed by atoms with Gasteiger partial charge in [-0.2, -0.15) is 0 Å². The van der Waals surface area contributed by atoms with E-state index >= 15 is 0 Å². The van der Waals surface area contributed by atoms with Crippen molar-refractivity contribution >= 4 is 0 Å². The quantitative estimate of drug-likeness (QED) is 0.665. The second-order valence-corrected chi connectivity index (χ2v) is 4.98. The summed E-state index contributed by atoms with van der Waals surface area (Å²) >= 11 is 0. The average molecular weight is 185 g/mol. The van der Waals surface area contributed by atoms with E-state index in [1.54, 1.807) is 0 Å². The maximum atomic E-state index is 5.62. The molecule has 0 aromatic heterocycles. The second-order valence-electron chi connectivity index (χ2n) is 4.98. The molecule has 2 nitrogen and oxygen atoms in total. The highest BCUT2D eigenvalue weighted by molar-refractivity contribution is 4.98. The van der Waals surface area contributed by atoms with E-state index in [0.717, 1.165) is 19.0 Å². The Balaban J connectivity index is 2.40. The number of methoxy groups -OCH3 is 1. The van der Waals surface area contributed by atoms with Gasteiger partial charge in [-0.25, -0.2) is 0 Å². The third-order valence-corrected chi connectivity index (χ3v) is 2.93. The van der Waals surface area contributed by atoms with Crippen molar-refractivity contribution in [2.45, 2.75) is 45.8 Å². The van der Waals surface area contributed by atoms with Crippen molar-refractivity contribution in [3.8, 4) is 0 Å². The van der Waals surface area contributed by atoms with Gasteiger partial charge in [-0.05, 0) is 26.2 Å². The summed E-state index contributed by atoms with van der Waals surface area (Å²) in [6, 6.07) is 0.662. The van der Waals surface area contributed by atoms with Crippen molar-refractivity contribution in [2.24, 2.45) is 5.92 Å². The van der Waals surface area contributed by atoms with Gasteiger partial charge in [0.2, 0.25) is 0 Å². The van der Waals surface area contributed by atoms with E-state index < -0.39 is 0 Å². The van der Waals surface area contributed by atoms with E-state index in [9.17, 15) is 0 Å². The summed E-state index contributed by atoms with van der Waals surface area (Å²) in [4.78, 5) is 2.46. The van der Waals surface area contributed by atoms with Gasteiger partial charge in [0.15, 0.2) is 0 Å². The molecule has 0 spiro atoms. The van der Waals surface area contributed by atoms with Crippen LogP contribution in [0.3, 0.4) is 0 Å². The molecule has 0 N–H and O–H groups in total. The van der Waals surface area contributed by atoms with Crippen LogP contribution in [0.1, 0.15) is 34.1 Å². The van der Waals surface area contributed by atoms with Crippen molar-refractivity contribution in [3.63, 3.8) is 0 Å². The zero-order valence-electron chi connectivity index (χ0n) is 9.63. The first kappa shape index (κ1) is 11.0. The normalized spacial score (nSPS) is 22.4. The minimum absolute atomic E-state index is 0.165. The fourth-order valence-corrected chi connectivity index (χ4v) is 2.14. The van der Waals surface area contributed by atoms with Crippen molar-refractivity contribution in [3.05, 3.63) is 0 Å². The van der Waals surface area contributed by atoms with Gasteiger partial charge < -0.3 is 4.74 Å². The van der Waals surface area contributed by atoms with E-state index in [-0.39, 0.29) is 5.60 Å². The fourth-order valence-electron chi connectivity index (χ4n) is 2.14. The molecule has 78 valence electrons. The van der Waals surface area contributed by atoms with E-state index in [2.05, 4.69) is 32.6 Å². The van der Waals surface area contributed by atoms with E-state index in [4.69, 9.17) is 4.74 Å². The number of nitrogens with zero attached hydrogens (tertiary/aromatic N) is 1. The molecule has 0 aromatic rings. The third kappa shape index (κ3) is 2.44. The highest BCUT2D eigenvalue weighted by atomic mass is 16.5. The Labute approximate surface area is 82.3 Å². The van der Waals surface area contributed by atoms with Crippen molar-refractivity contribution in [2.75, 3.05) is 20.2 Å². The maximum absolute atomic E-state index is 5.62. The molecule has 0 bridgehead atoms. The van der Waals surface area contributed by atoms with Crippen molar-refractivity contribution in [1.29, 1.82) is 0 Å². The summed E-state index contributed by atoms with van der Waals surface area (Å²) in [5, 5.41) is 0. The standard InChI is InChI=1S/C11H23NO/c1-9(2)6-11(13-5)7-12(8-11)10(3)4/h9-10H,6-8H2,1-5H3. The lowest BCUT2D eigenvalue weighted by atomic mass is 9.84. The van der Waals surface area contributed by atoms with E-state index in [1.165, 1.54) is 6.42 Å².